The molecule has 0 spiro atoms. The summed E-state index contributed by atoms with van der Waals surface area (Å²) >= 11 is 0. The molecule has 0 saturated heterocycles. The van der Waals surface area contributed by atoms with Gasteiger partial charge in [0.05, 0.1) is 19.2 Å². The molecule has 1 unspecified atom stereocenters. The van der Waals surface area contributed by atoms with Crippen LogP contribution in [0.5, 0.6) is 5.75 Å². The molecule has 3 heterocycles. The molecular weight excluding hydrogens is 525 g/mol. The van der Waals surface area contributed by atoms with Crippen LogP contribution < -0.4 is 4.74 Å². The molecule has 5 rings (SSSR count). The van der Waals surface area contributed by atoms with E-state index in [9.17, 15) is 27.9 Å². The van der Waals surface area contributed by atoms with Gasteiger partial charge in [-0.05, 0) is 53.4 Å². The lowest BCUT2D eigenvalue weighted by Crippen LogP contribution is -2.44. The SMILES string of the molecule is COc1ccc(CN(CC(O)C(F)(F)F)C(=O)c2cccc3c2CCN(C(=O)c2cnc4[nH]ccc4c2)C3)cc1. The average molecular weight is 553 g/mol. The van der Waals surface area contributed by atoms with Crippen LogP contribution in [0, 0.1) is 0 Å². The summed E-state index contributed by atoms with van der Waals surface area (Å²) in [5.41, 5.74) is 3.37. The van der Waals surface area contributed by atoms with Crippen molar-refractivity contribution in [2.75, 3.05) is 20.2 Å². The second-order valence-electron chi connectivity index (χ2n) is 9.65. The molecular formula is C29H27F3N4O4. The van der Waals surface area contributed by atoms with Crippen molar-refractivity contribution < 1.29 is 32.6 Å². The second-order valence-corrected chi connectivity index (χ2v) is 9.65. The second kappa shape index (κ2) is 11.0. The van der Waals surface area contributed by atoms with Crippen molar-refractivity contribution in [3.05, 3.63) is 94.8 Å². The molecule has 4 aromatic rings. The maximum Gasteiger partial charge on any atom is 0.416 e. The Kier molecular flexibility index (Phi) is 7.49. The van der Waals surface area contributed by atoms with E-state index in [0.717, 1.165) is 15.8 Å². The number of fused-ring (bicyclic) bond motifs is 2. The molecule has 0 fully saturated rings. The number of rotatable bonds is 7. The Morgan fingerprint density at radius 3 is 2.67 bits per heavy atom. The maximum atomic E-state index is 13.7. The summed E-state index contributed by atoms with van der Waals surface area (Å²) in [6.07, 6.45) is -3.98. The van der Waals surface area contributed by atoms with Crippen molar-refractivity contribution in [1.82, 2.24) is 19.8 Å². The molecule has 1 aliphatic rings. The Balaban J connectivity index is 1.39. The number of amides is 2. The summed E-state index contributed by atoms with van der Waals surface area (Å²) in [7, 11) is 1.50. The van der Waals surface area contributed by atoms with Gasteiger partial charge in [0, 0.05) is 43.0 Å². The lowest BCUT2D eigenvalue weighted by atomic mass is 9.93. The van der Waals surface area contributed by atoms with E-state index in [1.165, 1.54) is 13.3 Å². The van der Waals surface area contributed by atoms with E-state index in [4.69, 9.17) is 4.74 Å². The lowest BCUT2D eigenvalue weighted by molar-refractivity contribution is -0.206. The van der Waals surface area contributed by atoms with E-state index in [1.807, 2.05) is 6.07 Å². The number of hydrogen-bond acceptors (Lipinski definition) is 5. The number of H-pyrrole nitrogens is 1. The summed E-state index contributed by atoms with van der Waals surface area (Å²) in [4.78, 5) is 36.8. The van der Waals surface area contributed by atoms with Crippen LogP contribution in [-0.4, -0.2) is 69.2 Å². The third kappa shape index (κ3) is 5.64. The number of hydrogen-bond donors (Lipinski definition) is 2. The highest BCUT2D eigenvalue weighted by Crippen LogP contribution is 2.28. The van der Waals surface area contributed by atoms with Gasteiger partial charge >= 0.3 is 6.18 Å². The van der Waals surface area contributed by atoms with Crippen LogP contribution in [0.25, 0.3) is 11.0 Å². The summed E-state index contributed by atoms with van der Waals surface area (Å²) in [6, 6.07) is 15.2. The first kappa shape index (κ1) is 27.2. The van der Waals surface area contributed by atoms with Gasteiger partial charge in [-0.1, -0.05) is 24.3 Å². The number of methoxy groups -OCH3 is 1. The van der Waals surface area contributed by atoms with Crippen LogP contribution in [0.1, 0.15) is 37.4 Å². The van der Waals surface area contributed by atoms with E-state index < -0.39 is 24.7 Å². The molecule has 0 radical (unpaired) electrons. The highest BCUT2D eigenvalue weighted by atomic mass is 19.4. The fourth-order valence-electron chi connectivity index (χ4n) is 4.88. The first-order valence-corrected chi connectivity index (χ1v) is 12.6. The Bertz CT molecular complexity index is 1530. The summed E-state index contributed by atoms with van der Waals surface area (Å²) in [6.45, 7) is -0.495. The number of carbonyl (C=O) groups excluding carboxylic acids is 2. The fourth-order valence-corrected chi connectivity index (χ4v) is 4.88. The van der Waals surface area contributed by atoms with Crippen LogP contribution in [-0.2, 0) is 19.5 Å². The highest BCUT2D eigenvalue weighted by Gasteiger charge is 2.40. The molecule has 1 atom stereocenters. The number of aromatic nitrogens is 2. The van der Waals surface area contributed by atoms with Gasteiger partial charge in [0.1, 0.15) is 11.4 Å². The molecule has 0 aliphatic carbocycles. The Labute approximate surface area is 228 Å². The average Bonchev–Trinajstić information content (AvgIpc) is 3.43. The Hall–Kier alpha value is -4.38. The van der Waals surface area contributed by atoms with Crippen molar-refractivity contribution in [1.29, 1.82) is 0 Å². The van der Waals surface area contributed by atoms with Crippen molar-refractivity contribution in [2.45, 2.75) is 31.8 Å². The number of halogens is 3. The normalized spacial score (nSPS) is 14.1. The van der Waals surface area contributed by atoms with E-state index in [1.54, 1.807) is 59.6 Å². The molecule has 0 saturated carbocycles. The van der Waals surface area contributed by atoms with Gasteiger partial charge in [-0.3, -0.25) is 9.59 Å². The van der Waals surface area contributed by atoms with Crippen LogP contribution in [0.4, 0.5) is 13.2 Å². The standard InChI is InChI=1S/C29H27F3N4O4/c1-40-22-7-5-18(6-8-22)15-36(17-25(37)29(30,31)32)28(39)24-4-2-3-20-16-35(12-10-23(20)24)27(38)21-13-19-9-11-33-26(19)34-14-21/h2-9,11,13-14,25,37H,10,12,15-17H2,1H3,(H,33,34). The maximum absolute atomic E-state index is 13.7. The number of ether oxygens (including phenoxy) is 1. The quantitative estimate of drug-likeness (QED) is 0.356. The fraction of sp³-hybridized carbons (Fsp3) is 0.276. The van der Waals surface area contributed by atoms with Crippen molar-refractivity contribution in [3.8, 4) is 5.75 Å². The number of nitrogens with zero attached hydrogens (tertiary/aromatic N) is 3. The van der Waals surface area contributed by atoms with Gasteiger partial charge in [-0.15, -0.1) is 0 Å². The molecule has 0 bridgehead atoms. The van der Waals surface area contributed by atoms with Gasteiger partial charge < -0.3 is 24.6 Å². The van der Waals surface area contributed by atoms with Crippen molar-refractivity contribution in [2.24, 2.45) is 0 Å². The van der Waals surface area contributed by atoms with Crippen LogP contribution >= 0.6 is 0 Å². The zero-order valence-electron chi connectivity index (χ0n) is 21.6. The molecule has 2 amide bonds. The number of pyridine rings is 1. The highest BCUT2D eigenvalue weighted by molar-refractivity contribution is 5.98. The zero-order chi connectivity index (χ0) is 28.4. The number of carbonyl (C=O) groups is 2. The minimum Gasteiger partial charge on any atom is -0.497 e. The number of nitrogens with one attached hydrogen (secondary N) is 1. The van der Waals surface area contributed by atoms with Crippen molar-refractivity contribution in [3.63, 3.8) is 0 Å². The van der Waals surface area contributed by atoms with Crippen LogP contribution in [0.2, 0.25) is 0 Å². The minimum atomic E-state index is -4.88. The smallest absolute Gasteiger partial charge is 0.416 e. The Morgan fingerprint density at radius 2 is 1.95 bits per heavy atom. The van der Waals surface area contributed by atoms with Gasteiger partial charge in [0.25, 0.3) is 11.8 Å². The number of benzene rings is 2. The van der Waals surface area contributed by atoms with Gasteiger partial charge in [0.15, 0.2) is 6.10 Å². The number of aliphatic hydroxyl groups is 1. The van der Waals surface area contributed by atoms with Crippen LogP contribution in [0.3, 0.4) is 0 Å². The minimum absolute atomic E-state index is 0.140. The van der Waals surface area contributed by atoms with E-state index in [0.29, 0.717) is 41.1 Å². The van der Waals surface area contributed by atoms with Gasteiger partial charge in [-0.25, -0.2) is 4.98 Å². The van der Waals surface area contributed by atoms with E-state index >= 15 is 0 Å². The topological polar surface area (TPSA) is 98.8 Å². The molecule has 40 heavy (non-hydrogen) atoms. The molecule has 1 aliphatic heterocycles. The van der Waals surface area contributed by atoms with E-state index in [-0.39, 0.29) is 24.6 Å². The number of aromatic amines is 1. The van der Waals surface area contributed by atoms with Crippen LogP contribution in [0.15, 0.2) is 67.0 Å². The molecule has 8 nitrogen and oxygen atoms in total. The third-order valence-electron chi connectivity index (χ3n) is 7.02. The molecule has 11 heteroatoms. The number of alkyl halides is 3. The Morgan fingerprint density at radius 1 is 1.18 bits per heavy atom. The zero-order valence-corrected chi connectivity index (χ0v) is 21.6. The first-order valence-electron chi connectivity index (χ1n) is 12.6. The summed E-state index contributed by atoms with van der Waals surface area (Å²) in [5.74, 6) is -0.262. The molecule has 2 N–H and O–H groups in total. The van der Waals surface area contributed by atoms with Gasteiger partial charge in [-0.2, -0.15) is 13.2 Å². The predicted octanol–water partition coefficient (Wildman–Crippen LogP) is 4.34. The lowest BCUT2D eigenvalue weighted by Gasteiger charge is -2.32. The molecule has 2 aromatic heterocycles. The largest absolute Gasteiger partial charge is 0.497 e. The molecule has 2 aromatic carbocycles. The third-order valence-corrected chi connectivity index (χ3v) is 7.02. The van der Waals surface area contributed by atoms with E-state index in [2.05, 4.69) is 9.97 Å². The first-order chi connectivity index (χ1) is 19.1. The summed E-state index contributed by atoms with van der Waals surface area (Å²) in [5, 5.41) is 10.6. The monoisotopic (exact) mass is 552 g/mol. The molecule has 208 valence electrons. The van der Waals surface area contributed by atoms with Crippen molar-refractivity contribution >= 4 is 22.8 Å². The summed E-state index contributed by atoms with van der Waals surface area (Å²) < 4.78 is 44.9. The predicted molar refractivity (Wildman–Crippen MR) is 141 cm³/mol. The number of aliphatic hydroxyl groups excluding tert-OH is 1. The van der Waals surface area contributed by atoms with Gasteiger partial charge in [0.2, 0.25) is 0 Å².